The Balaban J connectivity index is 4.36. The van der Waals surface area contributed by atoms with E-state index >= 15 is 0 Å². The van der Waals surface area contributed by atoms with E-state index in [4.69, 9.17) is 5.11 Å². The molecule has 0 amide bonds. The lowest BCUT2D eigenvalue weighted by molar-refractivity contribution is -0.137. The van der Waals surface area contributed by atoms with Crippen LogP contribution in [-0.4, -0.2) is 43.1 Å². The van der Waals surface area contributed by atoms with E-state index in [-0.39, 0.29) is 24.6 Å². The van der Waals surface area contributed by atoms with Gasteiger partial charge in [-0.1, -0.05) is 26.7 Å². The summed E-state index contributed by atoms with van der Waals surface area (Å²) in [6.07, 6.45) is 1.49. The third-order valence-corrected chi connectivity index (χ3v) is 4.74. The van der Waals surface area contributed by atoms with Gasteiger partial charge in [-0.05, 0) is 5.92 Å². The van der Waals surface area contributed by atoms with Crippen molar-refractivity contribution in [2.45, 2.75) is 33.1 Å². The van der Waals surface area contributed by atoms with Crippen molar-refractivity contribution in [2.24, 2.45) is 5.92 Å². The molecular formula is C10H21NO4S. The van der Waals surface area contributed by atoms with E-state index < -0.39 is 16.0 Å². The maximum atomic E-state index is 11.8. The minimum atomic E-state index is -3.31. The highest BCUT2D eigenvalue weighted by Crippen LogP contribution is 2.13. The Morgan fingerprint density at radius 3 is 2.19 bits per heavy atom. The van der Waals surface area contributed by atoms with E-state index in [1.54, 1.807) is 0 Å². The SMILES string of the molecule is CCC(CC)CS(=O)(=O)N(C)CCC(=O)O. The molecule has 0 aliphatic carbocycles. The molecule has 0 aliphatic rings. The van der Waals surface area contributed by atoms with Gasteiger partial charge in [0, 0.05) is 13.6 Å². The number of hydrogen-bond acceptors (Lipinski definition) is 3. The Labute approximate surface area is 97.5 Å². The molecule has 6 heteroatoms. The van der Waals surface area contributed by atoms with E-state index in [1.807, 2.05) is 13.8 Å². The molecule has 0 saturated carbocycles. The number of carboxylic acid groups (broad SMARTS) is 1. The van der Waals surface area contributed by atoms with Gasteiger partial charge in [0.1, 0.15) is 0 Å². The summed E-state index contributed by atoms with van der Waals surface area (Å²) in [5.74, 6) is -0.724. The van der Waals surface area contributed by atoms with Gasteiger partial charge in [-0.15, -0.1) is 0 Å². The Morgan fingerprint density at radius 1 is 1.31 bits per heavy atom. The van der Waals surface area contributed by atoms with Crippen LogP contribution >= 0.6 is 0 Å². The van der Waals surface area contributed by atoms with E-state index in [0.29, 0.717) is 0 Å². The lowest BCUT2D eigenvalue weighted by Crippen LogP contribution is -2.33. The highest BCUT2D eigenvalue weighted by Gasteiger charge is 2.21. The average Bonchev–Trinajstić information content (AvgIpc) is 2.22. The monoisotopic (exact) mass is 251 g/mol. The van der Waals surface area contributed by atoms with Crippen LogP contribution in [0.3, 0.4) is 0 Å². The normalized spacial score (nSPS) is 12.3. The van der Waals surface area contributed by atoms with Crippen molar-refractivity contribution in [1.82, 2.24) is 4.31 Å². The number of carbonyl (C=O) groups is 1. The Morgan fingerprint density at radius 2 is 1.81 bits per heavy atom. The fraction of sp³-hybridized carbons (Fsp3) is 0.900. The predicted molar refractivity (Wildman–Crippen MR) is 62.7 cm³/mol. The third-order valence-electron chi connectivity index (χ3n) is 2.72. The van der Waals surface area contributed by atoms with Gasteiger partial charge in [-0.2, -0.15) is 0 Å². The van der Waals surface area contributed by atoms with E-state index in [9.17, 15) is 13.2 Å². The fourth-order valence-corrected chi connectivity index (χ4v) is 3.03. The molecule has 0 atom stereocenters. The van der Waals surface area contributed by atoms with Crippen molar-refractivity contribution in [3.63, 3.8) is 0 Å². The van der Waals surface area contributed by atoms with Gasteiger partial charge in [0.05, 0.1) is 12.2 Å². The first-order valence-corrected chi connectivity index (χ1v) is 7.10. The summed E-state index contributed by atoms with van der Waals surface area (Å²) >= 11 is 0. The molecule has 0 saturated heterocycles. The van der Waals surface area contributed by atoms with Gasteiger partial charge in [0.15, 0.2) is 0 Å². The van der Waals surface area contributed by atoms with Gasteiger partial charge in [-0.3, -0.25) is 4.79 Å². The minimum Gasteiger partial charge on any atom is -0.481 e. The molecule has 0 radical (unpaired) electrons. The number of hydrogen-bond donors (Lipinski definition) is 1. The molecule has 5 nitrogen and oxygen atoms in total. The van der Waals surface area contributed by atoms with Crippen LogP contribution in [0.1, 0.15) is 33.1 Å². The fourth-order valence-electron chi connectivity index (χ4n) is 1.34. The zero-order valence-corrected chi connectivity index (χ0v) is 11.0. The molecular weight excluding hydrogens is 230 g/mol. The maximum Gasteiger partial charge on any atom is 0.304 e. The average molecular weight is 251 g/mol. The zero-order valence-electron chi connectivity index (χ0n) is 10.1. The molecule has 0 spiro atoms. The molecule has 16 heavy (non-hydrogen) atoms. The van der Waals surface area contributed by atoms with Gasteiger partial charge >= 0.3 is 5.97 Å². The van der Waals surface area contributed by atoms with Crippen molar-refractivity contribution in [1.29, 1.82) is 0 Å². The second-order valence-corrected chi connectivity index (χ2v) is 6.05. The molecule has 0 aromatic rings. The lowest BCUT2D eigenvalue weighted by Gasteiger charge is -2.19. The third kappa shape index (κ3) is 5.46. The highest BCUT2D eigenvalue weighted by atomic mass is 32.2. The summed E-state index contributed by atoms with van der Waals surface area (Å²) in [7, 11) is -1.88. The Hall–Kier alpha value is -0.620. The van der Waals surface area contributed by atoms with Crippen molar-refractivity contribution in [3.8, 4) is 0 Å². The van der Waals surface area contributed by atoms with Crippen LogP contribution in [0.5, 0.6) is 0 Å². The Kier molecular flexibility index (Phi) is 6.59. The van der Waals surface area contributed by atoms with Crippen LogP contribution in [0, 0.1) is 5.92 Å². The standard InChI is InChI=1S/C10H21NO4S/c1-4-9(5-2)8-16(14,15)11(3)7-6-10(12)13/h9H,4-8H2,1-3H3,(H,12,13). The van der Waals surface area contributed by atoms with E-state index in [0.717, 1.165) is 17.1 Å². The molecule has 0 aliphatic heterocycles. The van der Waals surface area contributed by atoms with E-state index in [2.05, 4.69) is 0 Å². The van der Waals surface area contributed by atoms with Gasteiger partial charge in [0.25, 0.3) is 0 Å². The summed E-state index contributed by atoms with van der Waals surface area (Å²) in [6.45, 7) is 3.96. The van der Waals surface area contributed by atoms with E-state index in [1.165, 1.54) is 7.05 Å². The lowest BCUT2D eigenvalue weighted by atomic mass is 10.1. The van der Waals surface area contributed by atoms with Crippen LogP contribution < -0.4 is 0 Å². The summed E-state index contributed by atoms with van der Waals surface area (Å²) in [4.78, 5) is 10.3. The summed E-state index contributed by atoms with van der Waals surface area (Å²) in [5, 5.41) is 8.48. The Bertz CT molecular complexity index is 309. The smallest absolute Gasteiger partial charge is 0.304 e. The van der Waals surface area contributed by atoms with Crippen LogP contribution in [0.4, 0.5) is 0 Å². The number of nitrogens with zero attached hydrogens (tertiary/aromatic N) is 1. The number of aliphatic carboxylic acids is 1. The van der Waals surface area contributed by atoms with Crippen molar-refractivity contribution >= 4 is 16.0 Å². The van der Waals surface area contributed by atoms with Gasteiger partial charge < -0.3 is 5.11 Å². The first-order valence-electron chi connectivity index (χ1n) is 5.49. The quantitative estimate of drug-likeness (QED) is 0.702. The number of carboxylic acids is 1. The highest BCUT2D eigenvalue weighted by molar-refractivity contribution is 7.89. The zero-order chi connectivity index (χ0) is 12.8. The van der Waals surface area contributed by atoms with Crippen molar-refractivity contribution in [3.05, 3.63) is 0 Å². The second kappa shape index (κ2) is 6.85. The van der Waals surface area contributed by atoms with Gasteiger partial charge in [-0.25, -0.2) is 12.7 Å². The molecule has 0 fully saturated rings. The van der Waals surface area contributed by atoms with Crippen LogP contribution in [0.25, 0.3) is 0 Å². The second-order valence-electron chi connectivity index (χ2n) is 3.93. The minimum absolute atomic E-state index is 0.0395. The summed E-state index contributed by atoms with van der Waals surface area (Å²) in [5.41, 5.74) is 0. The molecule has 0 aromatic carbocycles. The molecule has 0 aromatic heterocycles. The number of sulfonamides is 1. The molecule has 0 rings (SSSR count). The predicted octanol–water partition coefficient (Wildman–Crippen LogP) is 1.16. The largest absolute Gasteiger partial charge is 0.481 e. The first kappa shape index (κ1) is 15.4. The summed E-state index contributed by atoms with van der Waals surface area (Å²) in [6, 6.07) is 0. The number of rotatable bonds is 8. The van der Waals surface area contributed by atoms with Crippen molar-refractivity contribution < 1.29 is 18.3 Å². The first-order chi connectivity index (χ1) is 7.33. The van der Waals surface area contributed by atoms with Crippen molar-refractivity contribution in [2.75, 3.05) is 19.3 Å². The molecule has 0 heterocycles. The van der Waals surface area contributed by atoms with Crippen LogP contribution in [0.15, 0.2) is 0 Å². The molecule has 1 N–H and O–H groups in total. The topological polar surface area (TPSA) is 74.7 Å². The summed E-state index contributed by atoms with van der Waals surface area (Å²) < 4.78 is 24.7. The van der Waals surface area contributed by atoms with Crippen LogP contribution in [-0.2, 0) is 14.8 Å². The maximum absolute atomic E-state index is 11.8. The molecule has 0 bridgehead atoms. The molecule has 96 valence electrons. The molecule has 0 unspecified atom stereocenters. The van der Waals surface area contributed by atoms with Gasteiger partial charge in [0.2, 0.25) is 10.0 Å². The van der Waals surface area contributed by atoms with Crippen LogP contribution in [0.2, 0.25) is 0 Å².